The van der Waals surface area contributed by atoms with Gasteiger partial charge in [0.15, 0.2) is 11.6 Å². The lowest BCUT2D eigenvalue weighted by Crippen LogP contribution is -2.13. The molecule has 2 aromatic heterocycles. The lowest BCUT2D eigenvalue weighted by Gasteiger charge is -2.09. The highest BCUT2D eigenvalue weighted by Crippen LogP contribution is 2.22. The number of tetrazole rings is 1. The molecule has 0 unspecified atom stereocenters. The maximum absolute atomic E-state index is 12.5. The minimum Gasteiger partial charge on any atom is -0.359 e. The summed E-state index contributed by atoms with van der Waals surface area (Å²) in [7, 11) is 0. The van der Waals surface area contributed by atoms with Crippen molar-refractivity contribution in [1.29, 1.82) is 0 Å². The van der Waals surface area contributed by atoms with Gasteiger partial charge < -0.3 is 9.84 Å². The number of aryl methyl sites for hydroxylation is 2. The average Bonchev–Trinajstić information content (AvgIpc) is 3.17. The predicted molar refractivity (Wildman–Crippen MR) is 87.6 cm³/mol. The van der Waals surface area contributed by atoms with Crippen LogP contribution in [-0.4, -0.2) is 31.3 Å². The van der Waals surface area contributed by atoms with Crippen molar-refractivity contribution in [3.8, 4) is 11.4 Å². The van der Waals surface area contributed by atoms with Gasteiger partial charge in [-0.15, -0.1) is 5.10 Å². The first-order valence-electron chi connectivity index (χ1n) is 7.60. The molecule has 0 spiro atoms. The van der Waals surface area contributed by atoms with Crippen LogP contribution in [0.4, 0.5) is 5.69 Å². The molecule has 0 aliphatic heterocycles. The van der Waals surface area contributed by atoms with Crippen LogP contribution in [0.1, 0.15) is 41.7 Å². The molecule has 0 fully saturated rings. The van der Waals surface area contributed by atoms with E-state index in [-0.39, 0.29) is 11.9 Å². The van der Waals surface area contributed by atoms with Crippen LogP contribution in [0.3, 0.4) is 0 Å². The normalized spacial score (nSPS) is 11.0. The van der Waals surface area contributed by atoms with E-state index in [1.54, 1.807) is 36.7 Å². The number of nitrogens with one attached hydrogen (secondary N) is 1. The van der Waals surface area contributed by atoms with Gasteiger partial charge in [0.25, 0.3) is 5.91 Å². The van der Waals surface area contributed by atoms with Crippen molar-refractivity contribution in [1.82, 2.24) is 25.4 Å². The van der Waals surface area contributed by atoms with E-state index >= 15 is 0 Å². The Bertz CT molecular complexity index is 861. The molecule has 0 saturated heterocycles. The number of hydrogen-bond acceptors (Lipinski definition) is 6. The number of carbonyl (C=O) groups excluding carboxylic acids is 1. The topological polar surface area (TPSA) is 98.7 Å². The Hall–Kier alpha value is -3.03. The van der Waals surface area contributed by atoms with Gasteiger partial charge in [0.2, 0.25) is 0 Å². The van der Waals surface area contributed by atoms with Crippen LogP contribution in [0, 0.1) is 13.8 Å². The Morgan fingerprint density at radius 1 is 1.29 bits per heavy atom. The SMILES string of the molecule is Cc1noc(C)c1NC(=O)c1cccc(-c2nnnn2C(C)C)c1. The van der Waals surface area contributed by atoms with Crippen molar-refractivity contribution in [2.75, 3.05) is 5.32 Å². The van der Waals surface area contributed by atoms with Crippen molar-refractivity contribution in [3.05, 3.63) is 41.3 Å². The molecule has 0 bridgehead atoms. The highest BCUT2D eigenvalue weighted by molar-refractivity contribution is 6.05. The molecule has 0 radical (unpaired) electrons. The Labute approximate surface area is 138 Å². The fraction of sp³-hybridized carbons (Fsp3) is 0.312. The van der Waals surface area contributed by atoms with Gasteiger partial charge in [0.1, 0.15) is 11.4 Å². The molecule has 0 atom stereocenters. The van der Waals surface area contributed by atoms with Crippen LogP contribution in [0.2, 0.25) is 0 Å². The summed E-state index contributed by atoms with van der Waals surface area (Å²) in [6.07, 6.45) is 0. The largest absolute Gasteiger partial charge is 0.359 e. The first-order chi connectivity index (χ1) is 11.5. The molecule has 1 N–H and O–H groups in total. The van der Waals surface area contributed by atoms with Crippen molar-refractivity contribution in [3.63, 3.8) is 0 Å². The van der Waals surface area contributed by atoms with Crippen LogP contribution in [0.15, 0.2) is 28.8 Å². The molecular weight excluding hydrogens is 308 g/mol. The van der Waals surface area contributed by atoms with E-state index in [1.165, 1.54) is 0 Å². The van der Waals surface area contributed by atoms with E-state index in [9.17, 15) is 4.79 Å². The fourth-order valence-electron chi connectivity index (χ4n) is 2.38. The van der Waals surface area contributed by atoms with Gasteiger partial charge in [-0.25, -0.2) is 4.68 Å². The third-order valence-electron chi connectivity index (χ3n) is 3.64. The highest BCUT2D eigenvalue weighted by atomic mass is 16.5. The molecule has 8 nitrogen and oxygen atoms in total. The van der Waals surface area contributed by atoms with Gasteiger partial charge in [-0.2, -0.15) is 0 Å². The fourth-order valence-corrected chi connectivity index (χ4v) is 2.38. The number of hydrogen-bond donors (Lipinski definition) is 1. The summed E-state index contributed by atoms with van der Waals surface area (Å²) in [5.41, 5.74) is 2.52. The van der Waals surface area contributed by atoms with Crippen molar-refractivity contribution >= 4 is 11.6 Å². The van der Waals surface area contributed by atoms with Crippen LogP contribution in [0.25, 0.3) is 11.4 Å². The van der Waals surface area contributed by atoms with Crippen molar-refractivity contribution in [2.24, 2.45) is 0 Å². The third kappa shape index (κ3) is 2.90. The summed E-state index contributed by atoms with van der Waals surface area (Å²) in [4.78, 5) is 12.5. The summed E-state index contributed by atoms with van der Waals surface area (Å²) < 4.78 is 6.78. The van der Waals surface area contributed by atoms with E-state index in [1.807, 2.05) is 19.9 Å². The number of amides is 1. The van der Waals surface area contributed by atoms with Gasteiger partial charge in [-0.1, -0.05) is 17.3 Å². The zero-order chi connectivity index (χ0) is 17.3. The molecule has 3 rings (SSSR count). The maximum Gasteiger partial charge on any atom is 0.255 e. The zero-order valence-corrected chi connectivity index (χ0v) is 13.9. The van der Waals surface area contributed by atoms with Crippen LogP contribution in [-0.2, 0) is 0 Å². The Morgan fingerprint density at radius 3 is 2.75 bits per heavy atom. The smallest absolute Gasteiger partial charge is 0.255 e. The summed E-state index contributed by atoms with van der Waals surface area (Å²) in [6.45, 7) is 7.52. The predicted octanol–water partition coefficient (Wildman–Crippen LogP) is 2.78. The number of anilines is 1. The van der Waals surface area contributed by atoms with E-state index < -0.39 is 0 Å². The number of carbonyl (C=O) groups is 1. The number of benzene rings is 1. The number of rotatable bonds is 4. The second-order valence-electron chi connectivity index (χ2n) is 5.77. The Balaban J connectivity index is 1.90. The first-order valence-corrected chi connectivity index (χ1v) is 7.60. The van der Waals surface area contributed by atoms with Crippen LogP contribution in [0.5, 0.6) is 0 Å². The van der Waals surface area contributed by atoms with Gasteiger partial charge in [0, 0.05) is 11.1 Å². The first kappa shape index (κ1) is 15.9. The molecule has 0 saturated carbocycles. The molecular formula is C16H18N6O2. The second-order valence-corrected chi connectivity index (χ2v) is 5.77. The lowest BCUT2D eigenvalue weighted by molar-refractivity contribution is 0.102. The molecule has 8 heteroatoms. The Morgan fingerprint density at radius 2 is 2.08 bits per heavy atom. The quantitative estimate of drug-likeness (QED) is 0.791. The van der Waals surface area contributed by atoms with Gasteiger partial charge in [-0.05, 0) is 50.3 Å². The summed E-state index contributed by atoms with van der Waals surface area (Å²) in [6, 6.07) is 7.29. The molecule has 24 heavy (non-hydrogen) atoms. The van der Waals surface area contributed by atoms with Crippen molar-refractivity contribution < 1.29 is 9.32 Å². The van der Waals surface area contributed by atoms with E-state index in [2.05, 4.69) is 26.0 Å². The minimum atomic E-state index is -0.241. The number of nitrogens with zero attached hydrogens (tertiary/aromatic N) is 5. The van der Waals surface area contributed by atoms with E-state index in [0.29, 0.717) is 28.5 Å². The van der Waals surface area contributed by atoms with Crippen LogP contribution < -0.4 is 5.32 Å². The molecule has 0 aliphatic carbocycles. The maximum atomic E-state index is 12.5. The molecule has 3 aromatic rings. The molecule has 1 aromatic carbocycles. The molecule has 124 valence electrons. The third-order valence-corrected chi connectivity index (χ3v) is 3.64. The van der Waals surface area contributed by atoms with E-state index in [0.717, 1.165) is 5.56 Å². The average molecular weight is 326 g/mol. The van der Waals surface area contributed by atoms with Gasteiger partial charge in [0.05, 0.1) is 6.04 Å². The molecule has 2 heterocycles. The lowest BCUT2D eigenvalue weighted by atomic mass is 10.1. The monoisotopic (exact) mass is 326 g/mol. The summed E-state index contributed by atoms with van der Waals surface area (Å²) in [5, 5.41) is 18.4. The molecule has 0 aliphatic rings. The second kappa shape index (κ2) is 6.23. The zero-order valence-electron chi connectivity index (χ0n) is 13.9. The number of aromatic nitrogens is 5. The summed E-state index contributed by atoms with van der Waals surface area (Å²) in [5.74, 6) is 0.951. The van der Waals surface area contributed by atoms with Crippen molar-refractivity contribution in [2.45, 2.75) is 33.7 Å². The Kier molecular flexibility index (Phi) is 4.11. The summed E-state index contributed by atoms with van der Waals surface area (Å²) >= 11 is 0. The van der Waals surface area contributed by atoms with Gasteiger partial charge >= 0.3 is 0 Å². The van der Waals surface area contributed by atoms with Crippen LogP contribution >= 0.6 is 0 Å². The minimum absolute atomic E-state index is 0.120. The highest BCUT2D eigenvalue weighted by Gasteiger charge is 2.16. The molecule has 1 amide bonds. The van der Waals surface area contributed by atoms with Gasteiger partial charge in [-0.3, -0.25) is 4.79 Å². The standard InChI is InChI=1S/C16H18N6O2/c1-9(2)22-15(18-20-21-22)12-6-5-7-13(8-12)16(23)17-14-10(3)19-24-11(14)4/h5-9H,1-4H3,(H,17,23). The van der Waals surface area contributed by atoms with E-state index in [4.69, 9.17) is 4.52 Å².